The molecular formula is C32H32N4O5S. The van der Waals surface area contributed by atoms with E-state index in [1.165, 1.54) is 0 Å². The number of nitrogens with zero attached hydrogens (tertiary/aromatic N) is 2. The van der Waals surface area contributed by atoms with Crippen molar-refractivity contribution in [2.24, 2.45) is 0 Å². The van der Waals surface area contributed by atoms with E-state index in [1.54, 1.807) is 14.0 Å². The van der Waals surface area contributed by atoms with Gasteiger partial charge in [0.1, 0.15) is 22.5 Å². The van der Waals surface area contributed by atoms with E-state index in [0.29, 0.717) is 22.1 Å². The molecule has 0 saturated carbocycles. The summed E-state index contributed by atoms with van der Waals surface area (Å²) in [5, 5.41) is 15.6. The van der Waals surface area contributed by atoms with Crippen molar-refractivity contribution in [1.82, 2.24) is 20.5 Å². The third-order valence-electron chi connectivity index (χ3n) is 7.17. The monoisotopic (exact) mass is 584 g/mol. The summed E-state index contributed by atoms with van der Waals surface area (Å²) in [4.78, 5) is 44.0. The van der Waals surface area contributed by atoms with Crippen LogP contribution in [-0.4, -0.2) is 59.2 Å². The lowest BCUT2D eigenvalue weighted by atomic mass is 9.98. The number of hydrogen-bond donors (Lipinski definition) is 3. The number of thiazole rings is 1. The molecule has 1 heterocycles. The maximum Gasteiger partial charge on any atom is 0.407 e. The Labute approximate surface area is 248 Å². The quantitative estimate of drug-likeness (QED) is 0.232. The lowest BCUT2D eigenvalue weighted by molar-refractivity contribution is -0.139. The van der Waals surface area contributed by atoms with Crippen molar-refractivity contribution in [2.45, 2.75) is 32.0 Å². The summed E-state index contributed by atoms with van der Waals surface area (Å²) in [7, 11) is 1.81. The van der Waals surface area contributed by atoms with Crippen LogP contribution in [0.25, 0.3) is 11.1 Å². The number of rotatable bonds is 11. The second-order valence-corrected chi connectivity index (χ2v) is 11.3. The van der Waals surface area contributed by atoms with E-state index in [0.717, 1.165) is 39.2 Å². The fourth-order valence-corrected chi connectivity index (χ4v) is 6.12. The molecule has 0 saturated heterocycles. The first-order valence-electron chi connectivity index (χ1n) is 13.6. The number of likely N-dealkylation sites (N-methyl/N-ethyl adjacent to an activating group) is 1. The first kappa shape index (κ1) is 29.0. The topological polar surface area (TPSA) is 121 Å². The SMILES string of the molecule is Cc1nc(CNC(=O)OCC2c3ccccc3-c3ccccc32)sc1C(=O)NC(CN(C)Cc1ccccc1)C(=O)O. The van der Waals surface area contributed by atoms with Crippen LogP contribution < -0.4 is 10.6 Å². The van der Waals surface area contributed by atoms with Crippen molar-refractivity contribution in [2.75, 3.05) is 20.2 Å². The third-order valence-corrected chi connectivity index (χ3v) is 8.32. The lowest BCUT2D eigenvalue weighted by Crippen LogP contribution is -2.47. The molecule has 1 aliphatic carbocycles. The molecule has 2 amide bonds. The number of carbonyl (C=O) groups excluding carboxylic acids is 2. The van der Waals surface area contributed by atoms with Gasteiger partial charge in [-0.2, -0.15) is 0 Å². The smallest absolute Gasteiger partial charge is 0.407 e. The zero-order valence-electron chi connectivity index (χ0n) is 23.4. The molecule has 1 aromatic heterocycles. The minimum absolute atomic E-state index is 0.0468. The molecule has 1 atom stereocenters. The highest BCUT2D eigenvalue weighted by Crippen LogP contribution is 2.44. The second kappa shape index (κ2) is 13.0. The summed E-state index contributed by atoms with van der Waals surface area (Å²) >= 11 is 1.11. The zero-order chi connectivity index (χ0) is 29.6. The summed E-state index contributed by atoms with van der Waals surface area (Å²) < 4.78 is 5.58. The third kappa shape index (κ3) is 6.67. The second-order valence-electron chi connectivity index (χ2n) is 10.2. The van der Waals surface area contributed by atoms with Gasteiger partial charge < -0.3 is 20.5 Å². The van der Waals surface area contributed by atoms with Crippen molar-refractivity contribution >= 4 is 29.3 Å². The Balaban J connectivity index is 1.14. The highest BCUT2D eigenvalue weighted by molar-refractivity contribution is 7.13. The molecule has 5 rings (SSSR count). The van der Waals surface area contributed by atoms with Gasteiger partial charge in [0.25, 0.3) is 5.91 Å². The standard InChI is InChI=1S/C32H32N4O5S/c1-20-29(30(37)35-27(31(38)39)18-36(2)17-21-10-4-3-5-11-21)42-28(34-20)16-33-32(40)41-19-26-24-14-8-6-12-22(24)23-13-7-9-15-25(23)26/h3-15,26-27H,16-19H2,1-2H3,(H,33,40)(H,35,37)(H,38,39). The number of carbonyl (C=O) groups is 3. The average Bonchev–Trinajstić information content (AvgIpc) is 3.52. The van der Waals surface area contributed by atoms with E-state index in [9.17, 15) is 19.5 Å². The van der Waals surface area contributed by atoms with Gasteiger partial charge in [0.15, 0.2) is 0 Å². The first-order valence-corrected chi connectivity index (χ1v) is 14.4. The Morgan fingerprint density at radius 1 is 0.976 bits per heavy atom. The van der Waals surface area contributed by atoms with Gasteiger partial charge in [-0.3, -0.25) is 9.69 Å². The summed E-state index contributed by atoms with van der Waals surface area (Å²) in [6, 6.07) is 24.8. The molecule has 3 aromatic carbocycles. The largest absolute Gasteiger partial charge is 0.480 e. The number of hydrogen-bond acceptors (Lipinski definition) is 7. The fourth-order valence-electron chi connectivity index (χ4n) is 5.22. The Morgan fingerprint density at radius 3 is 2.24 bits per heavy atom. The molecule has 9 nitrogen and oxygen atoms in total. The first-order chi connectivity index (χ1) is 20.3. The summed E-state index contributed by atoms with van der Waals surface area (Å²) in [5.74, 6) is -1.69. The van der Waals surface area contributed by atoms with Gasteiger partial charge in [0.2, 0.25) is 0 Å². The van der Waals surface area contributed by atoms with Crippen molar-refractivity contribution in [3.05, 3.63) is 111 Å². The van der Waals surface area contributed by atoms with E-state index < -0.39 is 24.0 Å². The van der Waals surface area contributed by atoms with Crippen LogP contribution in [0.4, 0.5) is 4.79 Å². The maximum absolute atomic E-state index is 13.0. The number of carboxylic acids is 1. The number of aryl methyl sites for hydroxylation is 1. The minimum Gasteiger partial charge on any atom is -0.480 e. The number of nitrogens with one attached hydrogen (secondary N) is 2. The molecule has 0 spiro atoms. The van der Waals surface area contributed by atoms with E-state index in [2.05, 4.69) is 39.9 Å². The Kier molecular flexibility index (Phi) is 8.94. The number of amides is 2. The van der Waals surface area contributed by atoms with Crippen molar-refractivity contribution in [3.8, 4) is 11.1 Å². The molecule has 0 bridgehead atoms. The molecule has 1 unspecified atom stereocenters. The molecule has 0 radical (unpaired) electrons. The highest BCUT2D eigenvalue weighted by atomic mass is 32.1. The molecule has 216 valence electrons. The summed E-state index contributed by atoms with van der Waals surface area (Å²) in [5.41, 5.74) is 6.07. The number of ether oxygens (including phenoxy) is 1. The van der Waals surface area contributed by atoms with Gasteiger partial charge in [-0.05, 0) is 41.8 Å². The lowest BCUT2D eigenvalue weighted by Gasteiger charge is -2.22. The van der Waals surface area contributed by atoms with E-state index >= 15 is 0 Å². The van der Waals surface area contributed by atoms with Gasteiger partial charge in [0.05, 0.1) is 12.2 Å². The van der Waals surface area contributed by atoms with Crippen molar-refractivity contribution in [3.63, 3.8) is 0 Å². The Bertz CT molecular complexity index is 1540. The van der Waals surface area contributed by atoms with Gasteiger partial charge >= 0.3 is 12.1 Å². The van der Waals surface area contributed by atoms with Gasteiger partial charge in [-0.25, -0.2) is 14.6 Å². The number of fused-ring (bicyclic) bond motifs is 3. The predicted octanol–water partition coefficient (Wildman–Crippen LogP) is 4.81. The molecule has 0 aliphatic heterocycles. The summed E-state index contributed by atoms with van der Waals surface area (Å²) in [6.45, 7) is 2.63. The number of benzene rings is 3. The summed E-state index contributed by atoms with van der Waals surface area (Å²) in [6.07, 6.45) is -0.580. The van der Waals surface area contributed by atoms with Crippen molar-refractivity contribution in [1.29, 1.82) is 0 Å². The molecule has 10 heteroatoms. The zero-order valence-corrected chi connectivity index (χ0v) is 24.2. The fraction of sp³-hybridized carbons (Fsp3) is 0.250. The molecule has 1 aliphatic rings. The van der Waals surface area contributed by atoms with Crippen LogP contribution in [0, 0.1) is 6.92 Å². The van der Waals surface area contributed by atoms with Crippen LogP contribution in [0.1, 0.15) is 43.0 Å². The molecule has 4 aromatic rings. The van der Waals surface area contributed by atoms with E-state index in [-0.39, 0.29) is 25.6 Å². The van der Waals surface area contributed by atoms with Crippen LogP contribution in [-0.2, 0) is 22.6 Å². The molecule has 0 fully saturated rings. The van der Waals surface area contributed by atoms with Crippen LogP contribution in [0.5, 0.6) is 0 Å². The average molecular weight is 585 g/mol. The number of aliphatic carboxylic acids is 1. The Hall–Kier alpha value is -4.54. The molecular weight excluding hydrogens is 552 g/mol. The minimum atomic E-state index is -1.12. The number of carboxylic acid groups (broad SMARTS) is 1. The molecule has 42 heavy (non-hydrogen) atoms. The predicted molar refractivity (Wildman–Crippen MR) is 160 cm³/mol. The van der Waals surface area contributed by atoms with Gasteiger partial charge in [-0.1, -0.05) is 78.9 Å². The van der Waals surface area contributed by atoms with Crippen LogP contribution in [0.15, 0.2) is 78.9 Å². The maximum atomic E-state index is 13.0. The Morgan fingerprint density at radius 2 is 1.60 bits per heavy atom. The normalized spacial score (nSPS) is 12.8. The van der Waals surface area contributed by atoms with Gasteiger partial charge in [-0.15, -0.1) is 11.3 Å². The van der Waals surface area contributed by atoms with Crippen LogP contribution in [0.3, 0.4) is 0 Å². The van der Waals surface area contributed by atoms with E-state index in [4.69, 9.17) is 4.74 Å². The van der Waals surface area contributed by atoms with E-state index in [1.807, 2.05) is 59.5 Å². The molecule has 3 N–H and O–H groups in total. The van der Waals surface area contributed by atoms with Crippen LogP contribution >= 0.6 is 11.3 Å². The number of alkyl carbamates (subject to hydrolysis) is 1. The number of aromatic nitrogens is 1. The van der Waals surface area contributed by atoms with Crippen molar-refractivity contribution < 1.29 is 24.2 Å². The van der Waals surface area contributed by atoms with Gasteiger partial charge in [0, 0.05) is 19.0 Å². The highest BCUT2D eigenvalue weighted by Gasteiger charge is 2.29. The van der Waals surface area contributed by atoms with Crippen LogP contribution in [0.2, 0.25) is 0 Å².